The van der Waals surface area contributed by atoms with Gasteiger partial charge in [0.2, 0.25) is 0 Å². The molecule has 3 N–H and O–H groups in total. The van der Waals surface area contributed by atoms with Gasteiger partial charge in [-0.1, -0.05) is 42.5 Å². The van der Waals surface area contributed by atoms with Crippen LogP contribution in [0.3, 0.4) is 0 Å². The monoisotopic (exact) mass is 340 g/mol. The van der Waals surface area contributed by atoms with E-state index < -0.39 is 0 Å². The smallest absolute Gasteiger partial charge is 0.129 e. The van der Waals surface area contributed by atoms with Crippen molar-refractivity contribution in [1.29, 1.82) is 0 Å². The summed E-state index contributed by atoms with van der Waals surface area (Å²) >= 11 is 0. The van der Waals surface area contributed by atoms with Crippen molar-refractivity contribution in [3.63, 3.8) is 0 Å². The summed E-state index contributed by atoms with van der Waals surface area (Å²) < 4.78 is 19.1. The number of rotatable bonds is 7. The van der Waals surface area contributed by atoms with Crippen molar-refractivity contribution in [2.45, 2.75) is 26.2 Å². The van der Waals surface area contributed by atoms with Crippen LogP contribution < -0.4 is 10.1 Å². The lowest BCUT2D eigenvalue weighted by Crippen LogP contribution is -2.84. The molecule has 1 atom stereocenters. The zero-order valence-corrected chi connectivity index (χ0v) is 14.3. The molecule has 3 aromatic carbocycles. The van der Waals surface area contributed by atoms with Crippen molar-refractivity contribution < 1.29 is 19.6 Å². The van der Waals surface area contributed by atoms with Gasteiger partial charge in [-0.2, -0.15) is 0 Å². The predicted molar refractivity (Wildman–Crippen MR) is 96.9 cm³/mol. The Morgan fingerprint density at radius 1 is 1.04 bits per heavy atom. The van der Waals surface area contributed by atoms with E-state index in [1.807, 2.05) is 24.3 Å². The quantitative estimate of drug-likeness (QED) is 0.694. The van der Waals surface area contributed by atoms with Crippen molar-refractivity contribution in [3.05, 3.63) is 77.6 Å². The minimum Gasteiger partial charge on any atom is -0.488 e. The number of ether oxygens (including phenoxy) is 1. The van der Waals surface area contributed by atoms with Gasteiger partial charge in [0.15, 0.2) is 0 Å². The Morgan fingerprint density at radius 2 is 1.80 bits per heavy atom. The molecule has 0 saturated carbocycles. The highest BCUT2D eigenvalue weighted by atomic mass is 19.1. The fourth-order valence-electron chi connectivity index (χ4n) is 2.87. The van der Waals surface area contributed by atoms with Crippen LogP contribution in [0.25, 0.3) is 10.8 Å². The number of aliphatic hydroxyl groups excluding tert-OH is 1. The maximum Gasteiger partial charge on any atom is 0.129 e. The molecular weight excluding hydrogens is 317 g/mol. The van der Waals surface area contributed by atoms with Gasteiger partial charge in [-0.25, -0.2) is 4.39 Å². The highest BCUT2D eigenvalue weighted by molar-refractivity contribution is 5.87. The molecule has 4 heteroatoms. The van der Waals surface area contributed by atoms with E-state index in [2.05, 4.69) is 17.4 Å². The van der Waals surface area contributed by atoms with Crippen LogP contribution in [0.2, 0.25) is 0 Å². The minimum absolute atomic E-state index is 0.247. The lowest BCUT2D eigenvalue weighted by molar-refractivity contribution is -0.675. The van der Waals surface area contributed by atoms with E-state index >= 15 is 0 Å². The molecule has 0 aliphatic heterocycles. The first-order chi connectivity index (χ1) is 12.1. The molecule has 0 aromatic heterocycles. The number of hydrogen-bond acceptors (Lipinski definition) is 2. The molecule has 3 rings (SSSR count). The van der Waals surface area contributed by atoms with Crippen molar-refractivity contribution in [2.24, 2.45) is 0 Å². The van der Waals surface area contributed by atoms with Gasteiger partial charge >= 0.3 is 0 Å². The van der Waals surface area contributed by atoms with Gasteiger partial charge in [-0.3, -0.25) is 0 Å². The lowest BCUT2D eigenvalue weighted by atomic mass is 10.0. The van der Waals surface area contributed by atoms with Gasteiger partial charge in [0, 0.05) is 0 Å². The summed E-state index contributed by atoms with van der Waals surface area (Å²) in [6.07, 6.45) is -0.349. The second-order valence-electron chi connectivity index (χ2n) is 6.26. The van der Waals surface area contributed by atoms with Crippen LogP contribution in [0.4, 0.5) is 4.39 Å². The average Bonchev–Trinajstić information content (AvgIpc) is 2.62. The zero-order valence-electron chi connectivity index (χ0n) is 14.3. The second-order valence-corrected chi connectivity index (χ2v) is 6.26. The largest absolute Gasteiger partial charge is 0.488 e. The molecule has 25 heavy (non-hydrogen) atoms. The molecule has 3 nitrogen and oxygen atoms in total. The summed E-state index contributed by atoms with van der Waals surface area (Å²) in [5.41, 5.74) is 2.04. The first kappa shape index (κ1) is 17.4. The Balaban J connectivity index is 1.83. The van der Waals surface area contributed by atoms with Crippen molar-refractivity contribution in [1.82, 2.24) is 0 Å². The number of fused-ring (bicyclic) bond motifs is 1. The summed E-state index contributed by atoms with van der Waals surface area (Å²) in [7, 11) is 0. The molecule has 0 amide bonds. The van der Waals surface area contributed by atoms with E-state index in [9.17, 15) is 9.50 Å². The minimum atomic E-state index is -0.349. The van der Waals surface area contributed by atoms with E-state index in [1.54, 1.807) is 19.1 Å². The summed E-state index contributed by atoms with van der Waals surface area (Å²) in [6.45, 7) is 3.54. The standard InChI is InChI=1S/C21H22FNO2/c1-15(24)12-23-13-20-19-5-3-2-4-17(19)8-11-21(20)25-14-16-6-9-18(22)10-7-16/h2-11,15,23-24H,12-14H2,1H3/p+1/t15-/m0/s1. The molecule has 0 heterocycles. The summed E-state index contributed by atoms with van der Waals surface area (Å²) in [6, 6.07) is 18.6. The number of halogens is 1. The fraction of sp³-hybridized carbons (Fsp3) is 0.238. The molecule has 0 saturated heterocycles. The van der Waals surface area contributed by atoms with E-state index in [0.717, 1.165) is 34.2 Å². The van der Waals surface area contributed by atoms with Crippen molar-refractivity contribution in [2.75, 3.05) is 6.54 Å². The Hall–Kier alpha value is -2.43. The lowest BCUT2D eigenvalue weighted by Gasteiger charge is -2.14. The van der Waals surface area contributed by atoms with Crippen molar-refractivity contribution in [3.8, 4) is 5.75 Å². The molecule has 0 fully saturated rings. The highest BCUT2D eigenvalue weighted by Crippen LogP contribution is 2.28. The van der Waals surface area contributed by atoms with Gasteiger partial charge in [0.25, 0.3) is 0 Å². The SMILES string of the molecule is C[C@H](O)C[NH2+]Cc1c(OCc2ccc(F)cc2)ccc2ccccc12. The molecular formula is C21H23FNO2+. The maximum atomic E-state index is 13.0. The van der Waals surface area contributed by atoms with Crippen LogP contribution in [-0.4, -0.2) is 17.8 Å². The third-order valence-corrected chi connectivity index (χ3v) is 4.16. The number of hydrogen-bond donors (Lipinski definition) is 2. The molecule has 0 aliphatic carbocycles. The molecule has 0 unspecified atom stereocenters. The van der Waals surface area contributed by atoms with Crippen LogP contribution in [0.15, 0.2) is 60.7 Å². The van der Waals surface area contributed by atoms with Gasteiger partial charge in [0.05, 0.1) is 11.7 Å². The third kappa shape index (κ3) is 4.56. The topological polar surface area (TPSA) is 46.1 Å². The van der Waals surface area contributed by atoms with Gasteiger partial charge in [-0.05, 0) is 41.5 Å². The van der Waals surface area contributed by atoms with Gasteiger partial charge in [-0.15, -0.1) is 0 Å². The number of quaternary nitrogens is 1. The van der Waals surface area contributed by atoms with E-state index in [1.165, 1.54) is 12.1 Å². The van der Waals surface area contributed by atoms with Crippen LogP contribution in [0.1, 0.15) is 18.1 Å². The van der Waals surface area contributed by atoms with Crippen LogP contribution in [-0.2, 0) is 13.2 Å². The molecule has 0 spiro atoms. The van der Waals surface area contributed by atoms with E-state index in [-0.39, 0.29) is 11.9 Å². The zero-order chi connectivity index (χ0) is 17.6. The molecule has 0 aliphatic rings. The molecule has 0 radical (unpaired) electrons. The Labute approximate surface area is 147 Å². The fourth-order valence-corrected chi connectivity index (χ4v) is 2.87. The Morgan fingerprint density at radius 3 is 2.56 bits per heavy atom. The maximum absolute atomic E-state index is 13.0. The number of nitrogens with two attached hydrogens (primary N) is 1. The molecule has 130 valence electrons. The first-order valence-electron chi connectivity index (χ1n) is 8.51. The summed E-state index contributed by atoms with van der Waals surface area (Å²) in [5, 5.41) is 13.9. The van der Waals surface area contributed by atoms with Crippen LogP contribution in [0, 0.1) is 5.82 Å². The predicted octanol–water partition coefficient (Wildman–Crippen LogP) is 3.00. The third-order valence-electron chi connectivity index (χ3n) is 4.16. The molecule has 3 aromatic rings. The Bertz CT molecular complexity index is 831. The van der Waals surface area contributed by atoms with E-state index in [4.69, 9.17) is 4.74 Å². The average molecular weight is 340 g/mol. The molecule has 0 bridgehead atoms. The van der Waals surface area contributed by atoms with Gasteiger partial charge < -0.3 is 15.2 Å². The normalized spacial score (nSPS) is 12.3. The summed E-state index contributed by atoms with van der Waals surface area (Å²) in [5.74, 6) is 0.577. The summed E-state index contributed by atoms with van der Waals surface area (Å²) in [4.78, 5) is 0. The Kier molecular flexibility index (Phi) is 5.64. The van der Waals surface area contributed by atoms with E-state index in [0.29, 0.717) is 13.2 Å². The van der Waals surface area contributed by atoms with Gasteiger partial charge in [0.1, 0.15) is 31.3 Å². The number of benzene rings is 3. The van der Waals surface area contributed by atoms with Crippen molar-refractivity contribution >= 4 is 10.8 Å². The van der Waals surface area contributed by atoms with Crippen LogP contribution in [0.5, 0.6) is 5.75 Å². The number of aliphatic hydroxyl groups is 1. The first-order valence-corrected chi connectivity index (χ1v) is 8.51. The van der Waals surface area contributed by atoms with Crippen LogP contribution >= 0.6 is 0 Å². The second kappa shape index (κ2) is 8.10. The highest BCUT2D eigenvalue weighted by Gasteiger charge is 2.11.